The first-order valence-corrected chi connectivity index (χ1v) is 6.14. The van der Waals surface area contributed by atoms with Crippen LogP contribution in [0.3, 0.4) is 0 Å². The Balaban J connectivity index is 2.16. The molecule has 0 aromatic heterocycles. The normalized spacial score (nSPS) is 19.7. The summed E-state index contributed by atoms with van der Waals surface area (Å²) in [5.41, 5.74) is 6.17. The van der Waals surface area contributed by atoms with Gasteiger partial charge < -0.3 is 11.1 Å². The molecule has 1 rings (SSSR count). The van der Waals surface area contributed by atoms with Crippen molar-refractivity contribution >= 4 is 5.91 Å². The van der Waals surface area contributed by atoms with Crippen LogP contribution in [0.4, 0.5) is 0 Å². The third-order valence-corrected chi connectivity index (χ3v) is 3.37. The molecule has 0 aromatic rings. The van der Waals surface area contributed by atoms with E-state index in [4.69, 9.17) is 5.73 Å². The zero-order chi connectivity index (χ0) is 11.3. The third-order valence-electron chi connectivity index (χ3n) is 3.37. The van der Waals surface area contributed by atoms with Crippen LogP contribution >= 0.6 is 0 Å². The van der Waals surface area contributed by atoms with Crippen molar-refractivity contribution in [1.29, 1.82) is 0 Å². The lowest BCUT2D eigenvalue weighted by molar-refractivity contribution is -0.121. The number of nitrogens with two attached hydrogens (primary N) is 1. The summed E-state index contributed by atoms with van der Waals surface area (Å²) in [6.45, 7) is 5.07. The number of nitrogens with one attached hydrogen (secondary N) is 1. The van der Waals surface area contributed by atoms with Gasteiger partial charge in [0.15, 0.2) is 0 Å². The van der Waals surface area contributed by atoms with E-state index in [0.29, 0.717) is 11.8 Å². The highest BCUT2D eigenvalue weighted by Gasteiger charge is 2.41. The first kappa shape index (κ1) is 12.5. The molecular formula is C12H24N2O. The highest BCUT2D eigenvalue weighted by atomic mass is 16.1. The zero-order valence-electron chi connectivity index (χ0n) is 10.0. The maximum Gasteiger partial charge on any atom is 0.221 e. The van der Waals surface area contributed by atoms with Gasteiger partial charge in [0.05, 0.1) is 0 Å². The molecule has 15 heavy (non-hydrogen) atoms. The summed E-state index contributed by atoms with van der Waals surface area (Å²) in [7, 11) is 0. The highest BCUT2D eigenvalue weighted by molar-refractivity contribution is 5.76. The van der Waals surface area contributed by atoms with Gasteiger partial charge in [-0.05, 0) is 31.1 Å². The van der Waals surface area contributed by atoms with E-state index in [1.807, 2.05) is 6.92 Å². The molecule has 0 heterocycles. The number of hydrogen-bond acceptors (Lipinski definition) is 2. The lowest BCUT2D eigenvalue weighted by Crippen LogP contribution is -2.34. The first-order valence-electron chi connectivity index (χ1n) is 6.14. The molecule has 1 aliphatic rings. The smallest absolute Gasteiger partial charge is 0.221 e. The van der Waals surface area contributed by atoms with Crippen molar-refractivity contribution in [3.05, 3.63) is 0 Å². The van der Waals surface area contributed by atoms with E-state index < -0.39 is 0 Å². The molecule has 0 aromatic carbocycles. The minimum atomic E-state index is 0.0197. The average molecular weight is 212 g/mol. The van der Waals surface area contributed by atoms with Crippen molar-refractivity contribution in [2.45, 2.75) is 58.4 Å². The Morgan fingerprint density at radius 3 is 2.60 bits per heavy atom. The lowest BCUT2D eigenvalue weighted by atomic mass is 10.0. The molecule has 1 unspecified atom stereocenters. The van der Waals surface area contributed by atoms with E-state index in [1.165, 1.54) is 25.7 Å². The predicted molar refractivity (Wildman–Crippen MR) is 62.5 cm³/mol. The second kappa shape index (κ2) is 5.50. The molecule has 0 saturated heterocycles. The molecular weight excluding hydrogens is 188 g/mol. The summed E-state index contributed by atoms with van der Waals surface area (Å²) >= 11 is 0. The fraction of sp³-hybridized carbons (Fsp3) is 0.917. The molecule has 1 saturated carbocycles. The average Bonchev–Trinajstić information content (AvgIpc) is 2.96. The number of amides is 1. The monoisotopic (exact) mass is 212 g/mol. The standard InChI is InChI=1S/C12H24N2O/c1-3-5-12(6-7-12)9-14-11(15)8-10(13)4-2/h10H,3-9,13H2,1-2H3,(H,14,15). The van der Waals surface area contributed by atoms with Crippen LogP contribution in [0, 0.1) is 5.41 Å². The Kier molecular flexibility index (Phi) is 4.58. The summed E-state index contributed by atoms with van der Waals surface area (Å²) in [4.78, 5) is 11.5. The predicted octanol–water partition coefficient (Wildman–Crippen LogP) is 1.81. The van der Waals surface area contributed by atoms with Crippen LogP contribution in [0.2, 0.25) is 0 Å². The minimum Gasteiger partial charge on any atom is -0.355 e. The van der Waals surface area contributed by atoms with Gasteiger partial charge in [0, 0.05) is 19.0 Å². The second-order valence-corrected chi connectivity index (χ2v) is 4.90. The van der Waals surface area contributed by atoms with Gasteiger partial charge in [0.2, 0.25) is 5.91 Å². The maximum atomic E-state index is 11.5. The minimum absolute atomic E-state index is 0.0197. The maximum absolute atomic E-state index is 11.5. The van der Waals surface area contributed by atoms with Crippen LogP contribution in [0.25, 0.3) is 0 Å². The van der Waals surface area contributed by atoms with Crippen LogP contribution in [-0.4, -0.2) is 18.5 Å². The summed E-state index contributed by atoms with van der Waals surface area (Å²) < 4.78 is 0. The van der Waals surface area contributed by atoms with Gasteiger partial charge in [0.1, 0.15) is 0 Å². The van der Waals surface area contributed by atoms with E-state index in [2.05, 4.69) is 12.2 Å². The van der Waals surface area contributed by atoms with Gasteiger partial charge >= 0.3 is 0 Å². The van der Waals surface area contributed by atoms with E-state index in [0.717, 1.165) is 13.0 Å². The number of carbonyl (C=O) groups is 1. The number of rotatable bonds is 7. The molecule has 1 aliphatic carbocycles. The Bertz CT molecular complexity index is 212. The van der Waals surface area contributed by atoms with Gasteiger partial charge in [-0.15, -0.1) is 0 Å². The molecule has 0 radical (unpaired) electrons. The van der Waals surface area contributed by atoms with Gasteiger partial charge in [-0.2, -0.15) is 0 Å². The summed E-state index contributed by atoms with van der Waals surface area (Å²) in [6.07, 6.45) is 6.35. The van der Waals surface area contributed by atoms with Crippen molar-refractivity contribution in [3.8, 4) is 0 Å². The van der Waals surface area contributed by atoms with Crippen molar-refractivity contribution in [1.82, 2.24) is 5.32 Å². The highest BCUT2D eigenvalue weighted by Crippen LogP contribution is 2.48. The van der Waals surface area contributed by atoms with Crippen LogP contribution in [0.15, 0.2) is 0 Å². The molecule has 1 fully saturated rings. The molecule has 88 valence electrons. The Labute approximate surface area is 92.8 Å². The molecule has 0 spiro atoms. The van der Waals surface area contributed by atoms with Crippen LogP contribution in [-0.2, 0) is 4.79 Å². The van der Waals surface area contributed by atoms with Crippen molar-refractivity contribution in [3.63, 3.8) is 0 Å². The van der Waals surface area contributed by atoms with E-state index in [1.54, 1.807) is 0 Å². The Morgan fingerprint density at radius 2 is 2.13 bits per heavy atom. The van der Waals surface area contributed by atoms with Crippen molar-refractivity contribution in [2.75, 3.05) is 6.54 Å². The molecule has 3 nitrogen and oxygen atoms in total. The first-order chi connectivity index (χ1) is 7.12. The fourth-order valence-corrected chi connectivity index (χ4v) is 1.96. The van der Waals surface area contributed by atoms with Gasteiger partial charge in [-0.25, -0.2) is 0 Å². The number of hydrogen-bond donors (Lipinski definition) is 2. The zero-order valence-corrected chi connectivity index (χ0v) is 10.0. The molecule has 3 N–H and O–H groups in total. The molecule has 1 atom stereocenters. The van der Waals surface area contributed by atoms with Gasteiger partial charge in [-0.3, -0.25) is 4.79 Å². The second-order valence-electron chi connectivity index (χ2n) is 4.90. The Morgan fingerprint density at radius 1 is 1.47 bits per heavy atom. The van der Waals surface area contributed by atoms with Crippen molar-refractivity contribution < 1.29 is 4.79 Å². The topological polar surface area (TPSA) is 55.1 Å². The van der Waals surface area contributed by atoms with E-state index in [9.17, 15) is 4.79 Å². The Hall–Kier alpha value is -0.570. The molecule has 1 amide bonds. The van der Waals surface area contributed by atoms with Gasteiger partial charge in [-0.1, -0.05) is 20.3 Å². The van der Waals surface area contributed by atoms with E-state index in [-0.39, 0.29) is 11.9 Å². The quantitative estimate of drug-likeness (QED) is 0.676. The van der Waals surface area contributed by atoms with Crippen molar-refractivity contribution in [2.24, 2.45) is 11.1 Å². The van der Waals surface area contributed by atoms with Crippen LogP contribution in [0.5, 0.6) is 0 Å². The fourth-order valence-electron chi connectivity index (χ4n) is 1.96. The lowest BCUT2D eigenvalue weighted by Gasteiger charge is -2.16. The van der Waals surface area contributed by atoms with Gasteiger partial charge in [0.25, 0.3) is 0 Å². The van der Waals surface area contributed by atoms with E-state index >= 15 is 0 Å². The van der Waals surface area contributed by atoms with Crippen LogP contribution in [0.1, 0.15) is 52.4 Å². The molecule has 0 aliphatic heterocycles. The summed E-state index contributed by atoms with van der Waals surface area (Å²) in [6, 6.07) is 0.0197. The largest absolute Gasteiger partial charge is 0.355 e. The van der Waals surface area contributed by atoms with Crippen LogP contribution < -0.4 is 11.1 Å². The molecule has 0 bridgehead atoms. The summed E-state index contributed by atoms with van der Waals surface area (Å²) in [5, 5.41) is 3.02. The number of carbonyl (C=O) groups excluding carboxylic acids is 1. The summed E-state index contributed by atoms with van der Waals surface area (Å²) in [5.74, 6) is 0.117. The SMILES string of the molecule is CCCC1(CNC(=O)CC(N)CC)CC1. The third kappa shape index (κ3) is 4.20. The molecule has 3 heteroatoms.